The fourth-order valence-corrected chi connectivity index (χ4v) is 4.37. The number of aliphatic imine (C=N–C) groups is 1. The van der Waals surface area contributed by atoms with Crippen LogP contribution in [-0.4, -0.2) is 38.4 Å². The molecule has 1 heterocycles. The average Bonchev–Trinajstić information content (AvgIpc) is 2.81. The zero-order valence-corrected chi connectivity index (χ0v) is 18.8. The molecule has 0 aliphatic carbocycles. The summed E-state index contributed by atoms with van der Waals surface area (Å²) in [5, 5.41) is 0. The predicted octanol–water partition coefficient (Wildman–Crippen LogP) is 2.82. The van der Waals surface area contributed by atoms with Crippen LogP contribution in [0.3, 0.4) is 0 Å². The molecule has 148 valence electrons. The van der Waals surface area contributed by atoms with E-state index in [2.05, 4.69) is 14.6 Å². The Balaban J connectivity index is 0.00000338. The number of halogens is 1. The van der Waals surface area contributed by atoms with E-state index >= 15 is 0 Å². The van der Waals surface area contributed by atoms with E-state index in [9.17, 15) is 8.42 Å². The molecule has 1 fully saturated rings. The summed E-state index contributed by atoms with van der Waals surface area (Å²) in [7, 11) is -3.29. The van der Waals surface area contributed by atoms with Crippen molar-refractivity contribution in [2.75, 3.05) is 13.1 Å². The van der Waals surface area contributed by atoms with E-state index < -0.39 is 10.0 Å². The van der Waals surface area contributed by atoms with Gasteiger partial charge in [-0.2, -0.15) is 0 Å². The van der Waals surface area contributed by atoms with Gasteiger partial charge in [-0.1, -0.05) is 37.1 Å². The summed E-state index contributed by atoms with van der Waals surface area (Å²) in [5.74, 6) is 0.597. The molecule has 1 aromatic carbocycles. The van der Waals surface area contributed by atoms with Gasteiger partial charge in [0.05, 0.1) is 12.3 Å². The van der Waals surface area contributed by atoms with Gasteiger partial charge in [-0.3, -0.25) is 0 Å². The number of rotatable bonds is 6. The SMILES string of the molecule is CC(C)NS(=O)(=O)Cc1ccc(CN=C(N)N2CCCCCC2)cc1.I. The average molecular weight is 494 g/mol. The Labute approximate surface area is 174 Å². The Kier molecular flexibility index (Phi) is 9.88. The molecule has 2 rings (SSSR count). The van der Waals surface area contributed by atoms with Crippen LogP contribution >= 0.6 is 24.0 Å². The fraction of sp³-hybridized carbons (Fsp3) is 0.611. The first-order chi connectivity index (χ1) is 11.9. The van der Waals surface area contributed by atoms with Gasteiger partial charge in [-0.15, -0.1) is 24.0 Å². The first-order valence-electron chi connectivity index (χ1n) is 8.98. The lowest BCUT2D eigenvalue weighted by atomic mass is 10.1. The van der Waals surface area contributed by atoms with Gasteiger partial charge in [0.15, 0.2) is 5.96 Å². The van der Waals surface area contributed by atoms with Crippen LogP contribution in [0.25, 0.3) is 0 Å². The monoisotopic (exact) mass is 494 g/mol. The van der Waals surface area contributed by atoms with Crippen LogP contribution in [0, 0.1) is 0 Å². The first-order valence-corrected chi connectivity index (χ1v) is 10.6. The molecule has 1 aromatic rings. The number of hydrogen-bond acceptors (Lipinski definition) is 3. The summed E-state index contributed by atoms with van der Waals surface area (Å²) in [6.07, 6.45) is 4.87. The van der Waals surface area contributed by atoms with Crippen LogP contribution in [0.15, 0.2) is 29.3 Å². The summed E-state index contributed by atoms with van der Waals surface area (Å²) in [5.41, 5.74) is 7.90. The second kappa shape index (κ2) is 11.1. The van der Waals surface area contributed by atoms with Crippen molar-refractivity contribution in [3.05, 3.63) is 35.4 Å². The lowest BCUT2D eigenvalue weighted by Crippen LogP contribution is -2.38. The standard InChI is InChI=1S/C18H30N4O2S.HI/c1-15(2)21-25(23,24)14-17-9-7-16(8-10-17)13-20-18(19)22-11-5-3-4-6-12-22;/h7-10,15,21H,3-6,11-14H2,1-2H3,(H2,19,20);1H. The van der Waals surface area contributed by atoms with Gasteiger partial charge >= 0.3 is 0 Å². The van der Waals surface area contributed by atoms with E-state index in [0.29, 0.717) is 12.5 Å². The van der Waals surface area contributed by atoms with Crippen molar-refractivity contribution in [1.82, 2.24) is 9.62 Å². The third-order valence-electron chi connectivity index (χ3n) is 4.15. The Bertz CT molecular complexity index is 667. The van der Waals surface area contributed by atoms with Crippen molar-refractivity contribution < 1.29 is 8.42 Å². The second-order valence-electron chi connectivity index (χ2n) is 6.92. The van der Waals surface area contributed by atoms with Gasteiger partial charge in [-0.25, -0.2) is 18.1 Å². The van der Waals surface area contributed by atoms with Crippen molar-refractivity contribution in [1.29, 1.82) is 0 Å². The molecule has 0 aromatic heterocycles. The maximum Gasteiger partial charge on any atom is 0.216 e. The highest BCUT2D eigenvalue weighted by Crippen LogP contribution is 2.11. The Hall–Kier alpha value is -0.870. The molecule has 0 saturated carbocycles. The number of guanidine groups is 1. The number of nitrogens with zero attached hydrogens (tertiary/aromatic N) is 2. The van der Waals surface area contributed by atoms with Crippen LogP contribution in [0.4, 0.5) is 0 Å². The third-order valence-corrected chi connectivity index (χ3v) is 5.69. The predicted molar refractivity (Wildman–Crippen MR) is 118 cm³/mol. The molecule has 6 nitrogen and oxygen atoms in total. The van der Waals surface area contributed by atoms with Gasteiger partial charge in [0.1, 0.15) is 0 Å². The zero-order valence-electron chi connectivity index (χ0n) is 15.6. The van der Waals surface area contributed by atoms with Gasteiger partial charge < -0.3 is 10.6 Å². The van der Waals surface area contributed by atoms with Crippen molar-refractivity contribution in [2.24, 2.45) is 10.7 Å². The van der Waals surface area contributed by atoms with Crippen molar-refractivity contribution >= 4 is 40.0 Å². The van der Waals surface area contributed by atoms with Crippen molar-refractivity contribution in [2.45, 2.75) is 57.9 Å². The number of benzene rings is 1. The highest BCUT2D eigenvalue weighted by atomic mass is 127. The number of sulfonamides is 1. The number of nitrogens with one attached hydrogen (secondary N) is 1. The minimum atomic E-state index is -3.29. The maximum absolute atomic E-state index is 12.0. The van der Waals surface area contributed by atoms with Crippen LogP contribution < -0.4 is 10.5 Å². The molecule has 0 bridgehead atoms. The van der Waals surface area contributed by atoms with Gasteiger partial charge in [0.2, 0.25) is 10.0 Å². The van der Waals surface area contributed by atoms with Crippen LogP contribution in [0.2, 0.25) is 0 Å². The summed E-state index contributed by atoms with van der Waals surface area (Å²) in [6.45, 7) is 6.10. The molecule has 0 spiro atoms. The highest BCUT2D eigenvalue weighted by Gasteiger charge is 2.13. The smallest absolute Gasteiger partial charge is 0.216 e. The molecule has 1 aliphatic heterocycles. The van der Waals surface area contributed by atoms with E-state index in [1.54, 1.807) is 0 Å². The second-order valence-corrected chi connectivity index (χ2v) is 8.68. The molecule has 0 atom stereocenters. The van der Waals surface area contributed by atoms with Gasteiger partial charge in [-0.05, 0) is 37.8 Å². The summed E-state index contributed by atoms with van der Waals surface area (Å²) >= 11 is 0. The van der Waals surface area contributed by atoms with Crippen LogP contribution in [0.5, 0.6) is 0 Å². The fourth-order valence-electron chi connectivity index (χ4n) is 2.93. The molecular weight excluding hydrogens is 463 g/mol. The maximum atomic E-state index is 12.0. The topological polar surface area (TPSA) is 87.8 Å². The summed E-state index contributed by atoms with van der Waals surface area (Å²) in [4.78, 5) is 6.65. The van der Waals surface area contributed by atoms with E-state index in [1.165, 1.54) is 25.7 Å². The Morgan fingerprint density at radius 2 is 1.65 bits per heavy atom. The largest absolute Gasteiger partial charge is 0.370 e. The molecule has 0 unspecified atom stereocenters. The Morgan fingerprint density at radius 3 is 2.19 bits per heavy atom. The van der Waals surface area contributed by atoms with E-state index in [1.807, 2.05) is 38.1 Å². The summed E-state index contributed by atoms with van der Waals surface area (Å²) < 4.78 is 26.5. The van der Waals surface area contributed by atoms with Crippen molar-refractivity contribution in [3.63, 3.8) is 0 Å². The minimum Gasteiger partial charge on any atom is -0.370 e. The zero-order chi connectivity index (χ0) is 18.3. The molecule has 0 amide bonds. The van der Waals surface area contributed by atoms with Crippen molar-refractivity contribution in [3.8, 4) is 0 Å². The summed E-state index contributed by atoms with van der Waals surface area (Å²) in [6, 6.07) is 7.42. The highest BCUT2D eigenvalue weighted by molar-refractivity contribution is 14.0. The third kappa shape index (κ3) is 8.22. The lowest BCUT2D eigenvalue weighted by Gasteiger charge is -2.21. The molecule has 8 heteroatoms. The molecule has 1 saturated heterocycles. The van der Waals surface area contributed by atoms with Crippen LogP contribution in [-0.2, 0) is 22.3 Å². The number of likely N-dealkylation sites (tertiary alicyclic amines) is 1. The quantitative estimate of drug-likeness (QED) is 0.362. The van der Waals surface area contributed by atoms with E-state index in [-0.39, 0.29) is 35.8 Å². The van der Waals surface area contributed by atoms with E-state index in [4.69, 9.17) is 5.73 Å². The van der Waals surface area contributed by atoms with Gasteiger partial charge in [0.25, 0.3) is 0 Å². The molecule has 0 radical (unpaired) electrons. The molecule has 3 N–H and O–H groups in total. The number of nitrogens with two attached hydrogens (primary N) is 1. The van der Waals surface area contributed by atoms with Gasteiger partial charge in [0, 0.05) is 19.1 Å². The molecule has 1 aliphatic rings. The molecule has 26 heavy (non-hydrogen) atoms. The number of hydrogen-bond donors (Lipinski definition) is 2. The first kappa shape index (κ1) is 23.2. The van der Waals surface area contributed by atoms with Crippen LogP contribution in [0.1, 0.15) is 50.7 Å². The minimum absolute atomic E-state index is 0. The van der Waals surface area contributed by atoms with E-state index in [0.717, 1.165) is 24.2 Å². The Morgan fingerprint density at radius 1 is 1.12 bits per heavy atom. The molecular formula is C18H31IN4O2S. The lowest BCUT2D eigenvalue weighted by molar-refractivity contribution is 0.428. The normalized spacial score (nSPS) is 16.3.